The van der Waals surface area contributed by atoms with E-state index >= 15 is 0 Å². The Morgan fingerprint density at radius 2 is 2.36 bits per heavy atom. The van der Waals surface area contributed by atoms with E-state index in [4.69, 9.17) is 15.8 Å². The van der Waals surface area contributed by atoms with Crippen LogP contribution in [0.1, 0.15) is 20.3 Å². The summed E-state index contributed by atoms with van der Waals surface area (Å²) in [6, 6.07) is 0.0961. The van der Waals surface area contributed by atoms with E-state index in [9.17, 15) is 0 Å². The van der Waals surface area contributed by atoms with E-state index in [0.29, 0.717) is 0 Å². The second kappa shape index (κ2) is 2.95. The Balaban J connectivity index is 2.30. The summed E-state index contributed by atoms with van der Waals surface area (Å²) in [5.74, 6) is 0. The van der Waals surface area contributed by atoms with E-state index in [2.05, 4.69) is 0 Å². The lowest BCUT2D eigenvalue weighted by Gasteiger charge is -2.10. The maximum Gasteiger partial charge on any atom is 0.306 e. The van der Waals surface area contributed by atoms with E-state index in [0.717, 1.165) is 6.42 Å². The Morgan fingerprint density at radius 1 is 1.82 bits per heavy atom. The first-order valence-corrected chi connectivity index (χ1v) is 3.88. The minimum atomic E-state index is -0.246. The molecule has 11 heavy (non-hydrogen) atoms. The molecule has 1 aliphatic rings. The molecule has 1 fully saturated rings. The van der Waals surface area contributed by atoms with Crippen LogP contribution in [0.25, 0.3) is 0 Å². The van der Waals surface area contributed by atoms with Gasteiger partial charge in [-0.2, -0.15) is 0 Å². The monoisotopic (exact) mass is 153 g/mol. The summed E-state index contributed by atoms with van der Waals surface area (Å²) in [5.41, 5.74) is 5.64. The largest absolute Gasteiger partial charge is 0.437 e. The van der Waals surface area contributed by atoms with E-state index in [1.807, 2.05) is 13.8 Å². The normalized spacial score (nSPS) is 35.5. The fourth-order valence-electron chi connectivity index (χ4n) is 0.920. The molecule has 3 nitrogen and oxygen atoms in total. The second-order valence-corrected chi connectivity index (χ2v) is 3.37. The first-order chi connectivity index (χ1) is 5.10. The van der Waals surface area contributed by atoms with Crippen molar-refractivity contribution in [1.29, 1.82) is 5.41 Å². The van der Waals surface area contributed by atoms with Crippen LogP contribution in [0.4, 0.5) is 0 Å². The highest BCUT2D eigenvalue weighted by molar-refractivity contribution is 6.41. The van der Waals surface area contributed by atoms with Gasteiger partial charge >= 0.3 is 7.48 Å². The standard InChI is InChI=1S/C7H14BN2O/c1-5(2)11-8-7(4-9)3-6(7)10/h4-6,9H,3,10H2,1-2H3/t6?,7-/m0/s1. The van der Waals surface area contributed by atoms with E-state index in [-0.39, 0.29) is 17.5 Å². The third-order valence-electron chi connectivity index (χ3n) is 1.93. The van der Waals surface area contributed by atoms with Gasteiger partial charge in [0.15, 0.2) is 0 Å². The number of nitrogens with one attached hydrogen (secondary N) is 1. The summed E-state index contributed by atoms with van der Waals surface area (Å²) in [4.78, 5) is 0. The number of hydrogen-bond donors (Lipinski definition) is 2. The van der Waals surface area contributed by atoms with E-state index < -0.39 is 0 Å². The molecule has 0 spiro atoms. The predicted octanol–water partition coefficient (Wildman–Crippen LogP) is 0.570. The molecule has 2 atom stereocenters. The van der Waals surface area contributed by atoms with Crippen molar-refractivity contribution in [1.82, 2.24) is 0 Å². The summed E-state index contributed by atoms with van der Waals surface area (Å²) >= 11 is 0. The Labute approximate surface area is 68.1 Å². The van der Waals surface area contributed by atoms with Crippen molar-refractivity contribution < 1.29 is 4.65 Å². The Bertz CT molecular complexity index is 163. The summed E-state index contributed by atoms with van der Waals surface area (Å²) in [7, 11) is 1.70. The van der Waals surface area contributed by atoms with Crippen molar-refractivity contribution in [2.24, 2.45) is 5.73 Å². The van der Waals surface area contributed by atoms with Crippen LogP contribution in [0.3, 0.4) is 0 Å². The molecular weight excluding hydrogens is 139 g/mol. The minimum Gasteiger partial charge on any atom is -0.437 e. The van der Waals surface area contributed by atoms with Crippen LogP contribution in [-0.4, -0.2) is 25.8 Å². The number of nitrogens with two attached hydrogens (primary N) is 1. The Kier molecular flexibility index (Phi) is 2.35. The molecule has 4 heteroatoms. The van der Waals surface area contributed by atoms with Crippen molar-refractivity contribution in [2.45, 2.75) is 37.7 Å². The van der Waals surface area contributed by atoms with Gasteiger partial charge in [0.25, 0.3) is 0 Å². The molecule has 0 amide bonds. The molecule has 0 heterocycles. The van der Waals surface area contributed by atoms with E-state index in [1.54, 1.807) is 7.48 Å². The van der Waals surface area contributed by atoms with Crippen LogP contribution >= 0.6 is 0 Å². The number of rotatable bonds is 4. The van der Waals surface area contributed by atoms with Gasteiger partial charge < -0.3 is 15.8 Å². The van der Waals surface area contributed by atoms with Crippen LogP contribution < -0.4 is 5.73 Å². The Hall–Kier alpha value is -0.345. The van der Waals surface area contributed by atoms with Crippen LogP contribution in [0.5, 0.6) is 0 Å². The lowest BCUT2D eigenvalue weighted by molar-refractivity contribution is 0.252. The maximum atomic E-state index is 7.13. The lowest BCUT2D eigenvalue weighted by atomic mass is 9.76. The zero-order chi connectivity index (χ0) is 8.48. The molecular formula is C7H14BN2O. The van der Waals surface area contributed by atoms with Crippen molar-refractivity contribution in [3.8, 4) is 0 Å². The zero-order valence-electron chi connectivity index (χ0n) is 7.00. The van der Waals surface area contributed by atoms with Gasteiger partial charge in [-0.25, -0.2) is 0 Å². The van der Waals surface area contributed by atoms with Gasteiger partial charge in [0.1, 0.15) is 0 Å². The highest BCUT2D eigenvalue weighted by atomic mass is 16.4. The Morgan fingerprint density at radius 3 is 2.64 bits per heavy atom. The quantitative estimate of drug-likeness (QED) is 0.458. The zero-order valence-corrected chi connectivity index (χ0v) is 7.00. The summed E-state index contributed by atoms with van der Waals surface area (Å²) in [5, 5.41) is 6.88. The van der Waals surface area contributed by atoms with Crippen LogP contribution in [0.2, 0.25) is 5.31 Å². The molecule has 3 N–H and O–H groups in total. The van der Waals surface area contributed by atoms with Gasteiger partial charge in [0.05, 0.1) is 0 Å². The maximum absolute atomic E-state index is 7.13. The van der Waals surface area contributed by atoms with Crippen molar-refractivity contribution in [2.75, 3.05) is 0 Å². The molecule has 0 aromatic heterocycles. The average molecular weight is 153 g/mol. The van der Waals surface area contributed by atoms with Gasteiger partial charge in [0, 0.05) is 17.5 Å². The fraction of sp³-hybridized carbons (Fsp3) is 0.857. The van der Waals surface area contributed by atoms with Crippen molar-refractivity contribution >= 4 is 13.7 Å². The molecule has 0 bridgehead atoms. The van der Waals surface area contributed by atoms with Gasteiger partial charge in [0.2, 0.25) is 0 Å². The SMILES string of the molecule is CC(C)O[B][C@]1(C=N)CC1N. The lowest BCUT2D eigenvalue weighted by Crippen LogP contribution is -2.21. The van der Waals surface area contributed by atoms with Crippen molar-refractivity contribution in [3.63, 3.8) is 0 Å². The first kappa shape index (κ1) is 8.75. The van der Waals surface area contributed by atoms with Crippen LogP contribution in [0, 0.1) is 5.41 Å². The average Bonchev–Trinajstić information content (AvgIpc) is 2.59. The molecule has 0 saturated heterocycles. The predicted molar refractivity (Wildman–Crippen MR) is 46.0 cm³/mol. The summed E-state index contributed by atoms with van der Waals surface area (Å²) in [6.45, 7) is 3.92. The molecule has 0 aromatic rings. The first-order valence-electron chi connectivity index (χ1n) is 3.88. The van der Waals surface area contributed by atoms with Gasteiger partial charge in [-0.3, -0.25) is 0 Å². The van der Waals surface area contributed by atoms with E-state index in [1.165, 1.54) is 6.21 Å². The van der Waals surface area contributed by atoms with Gasteiger partial charge in [-0.1, -0.05) is 0 Å². The highest BCUT2D eigenvalue weighted by Gasteiger charge is 2.52. The molecule has 1 aliphatic carbocycles. The molecule has 61 valence electrons. The summed E-state index contributed by atoms with van der Waals surface area (Å²) in [6.07, 6.45) is 2.41. The van der Waals surface area contributed by atoms with Crippen LogP contribution in [-0.2, 0) is 4.65 Å². The van der Waals surface area contributed by atoms with Crippen LogP contribution in [0.15, 0.2) is 0 Å². The number of hydrogen-bond acceptors (Lipinski definition) is 3. The van der Waals surface area contributed by atoms with Gasteiger partial charge in [-0.05, 0) is 26.5 Å². The molecule has 0 aliphatic heterocycles. The topological polar surface area (TPSA) is 59.1 Å². The van der Waals surface area contributed by atoms with Gasteiger partial charge in [-0.15, -0.1) is 0 Å². The molecule has 1 saturated carbocycles. The second-order valence-electron chi connectivity index (χ2n) is 3.37. The molecule has 0 aromatic carbocycles. The highest BCUT2D eigenvalue weighted by Crippen LogP contribution is 2.49. The molecule has 1 radical (unpaired) electrons. The smallest absolute Gasteiger partial charge is 0.306 e. The fourth-order valence-corrected chi connectivity index (χ4v) is 0.920. The summed E-state index contributed by atoms with van der Waals surface area (Å²) < 4.78 is 5.27. The molecule has 1 unspecified atom stereocenters. The third kappa shape index (κ3) is 1.82. The van der Waals surface area contributed by atoms with Crippen molar-refractivity contribution in [3.05, 3.63) is 0 Å². The third-order valence-corrected chi connectivity index (χ3v) is 1.93. The minimum absolute atomic E-state index is 0.0961. The molecule has 1 rings (SSSR count).